The van der Waals surface area contributed by atoms with Crippen LogP contribution in [0.3, 0.4) is 0 Å². The lowest BCUT2D eigenvalue weighted by Gasteiger charge is -2.18. The van der Waals surface area contributed by atoms with Crippen LogP contribution in [0.2, 0.25) is 10.0 Å². The molecule has 6 heteroatoms. The van der Waals surface area contributed by atoms with Crippen molar-refractivity contribution < 1.29 is 9.53 Å². The molecular weight excluding hydrogens is 287 g/mol. The number of nitrogens with one attached hydrogen (secondary N) is 1. The van der Waals surface area contributed by atoms with Crippen LogP contribution in [-0.4, -0.2) is 37.2 Å². The molecule has 0 bridgehead atoms. The van der Waals surface area contributed by atoms with Gasteiger partial charge < -0.3 is 15.0 Å². The standard InChI is InChI=1S/C13H16Cl2N2O2/c1-9(11-3-2-10(14)8-12(11)15)16-4-5-17-6-7-19-13(17)18/h2-3,8-9,16H,4-7H2,1H3. The summed E-state index contributed by atoms with van der Waals surface area (Å²) < 4.78 is 4.86. The maximum absolute atomic E-state index is 11.3. The van der Waals surface area contributed by atoms with Crippen LogP contribution in [0, 0.1) is 0 Å². The maximum atomic E-state index is 11.3. The lowest BCUT2D eigenvalue weighted by molar-refractivity contribution is 0.158. The van der Waals surface area contributed by atoms with Gasteiger partial charge in [0.1, 0.15) is 6.61 Å². The maximum Gasteiger partial charge on any atom is 0.409 e. The molecule has 1 heterocycles. The van der Waals surface area contributed by atoms with Crippen LogP contribution < -0.4 is 5.32 Å². The molecule has 0 saturated carbocycles. The zero-order chi connectivity index (χ0) is 13.8. The second-order valence-corrected chi connectivity index (χ2v) is 5.29. The molecule has 1 atom stereocenters. The second kappa shape index (κ2) is 6.46. The summed E-state index contributed by atoms with van der Waals surface area (Å²) in [4.78, 5) is 12.9. The van der Waals surface area contributed by atoms with Crippen molar-refractivity contribution in [2.75, 3.05) is 26.2 Å². The van der Waals surface area contributed by atoms with Crippen LogP contribution in [0.25, 0.3) is 0 Å². The van der Waals surface area contributed by atoms with E-state index in [0.29, 0.717) is 36.3 Å². The van der Waals surface area contributed by atoms with Gasteiger partial charge in [0.25, 0.3) is 0 Å². The van der Waals surface area contributed by atoms with Crippen molar-refractivity contribution in [3.05, 3.63) is 33.8 Å². The van der Waals surface area contributed by atoms with Crippen molar-refractivity contribution in [2.24, 2.45) is 0 Å². The number of benzene rings is 1. The highest BCUT2D eigenvalue weighted by Crippen LogP contribution is 2.25. The van der Waals surface area contributed by atoms with Gasteiger partial charge in [0.15, 0.2) is 0 Å². The third-order valence-electron chi connectivity index (χ3n) is 3.11. The summed E-state index contributed by atoms with van der Waals surface area (Å²) in [5.74, 6) is 0. The molecule has 1 amide bonds. The van der Waals surface area contributed by atoms with Gasteiger partial charge in [0.05, 0.1) is 6.54 Å². The van der Waals surface area contributed by atoms with Gasteiger partial charge in [-0.25, -0.2) is 4.79 Å². The molecule has 1 aromatic carbocycles. The Kier molecular flexibility index (Phi) is 4.91. The summed E-state index contributed by atoms with van der Waals surface area (Å²) in [6.45, 7) is 4.50. The number of hydrogen-bond donors (Lipinski definition) is 1. The lowest BCUT2D eigenvalue weighted by atomic mass is 10.1. The normalized spacial score (nSPS) is 16.6. The molecule has 0 aromatic heterocycles. The fourth-order valence-corrected chi connectivity index (χ4v) is 2.58. The molecule has 1 fully saturated rings. The Morgan fingerprint density at radius 3 is 2.89 bits per heavy atom. The quantitative estimate of drug-likeness (QED) is 0.909. The third kappa shape index (κ3) is 3.75. The Labute approximate surface area is 122 Å². The molecular formula is C13H16Cl2N2O2. The molecule has 1 aromatic rings. The van der Waals surface area contributed by atoms with E-state index >= 15 is 0 Å². The Bertz CT molecular complexity index is 468. The van der Waals surface area contributed by atoms with Crippen LogP contribution in [0.15, 0.2) is 18.2 Å². The van der Waals surface area contributed by atoms with Crippen LogP contribution in [-0.2, 0) is 4.74 Å². The first-order valence-electron chi connectivity index (χ1n) is 6.18. The minimum absolute atomic E-state index is 0.100. The number of rotatable bonds is 5. The van der Waals surface area contributed by atoms with Crippen molar-refractivity contribution >= 4 is 29.3 Å². The van der Waals surface area contributed by atoms with Crippen molar-refractivity contribution in [3.8, 4) is 0 Å². The Balaban J connectivity index is 1.83. The number of ether oxygens (including phenoxy) is 1. The molecule has 0 spiro atoms. The number of halogens is 2. The number of amides is 1. The van der Waals surface area contributed by atoms with E-state index in [1.807, 2.05) is 19.1 Å². The highest BCUT2D eigenvalue weighted by Gasteiger charge is 2.21. The van der Waals surface area contributed by atoms with Crippen molar-refractivity contribution in [1.82, 2.24) is 10.2 Å². The molecule has 1 aliphatic rings. The van der Waals surface area contributed by atoms with Gasteiger partial charge in [0, 0.05) is 29.2 Å². The predicted octanol–water partition coefficient (Wildman–Crippen LogP) is 3.10. The molecule has 1 unspecified atom stereocenters. The number of cyclic esters (lactones) is 1. The van der Waals surface area contributed by atoms with Gasteiger partial charge in [-0.15, -0.1) is 0 Å². The first-order valence-corrected chi connectivity index (χ1v) is 6.93. The number of carbonyl (C=O) groups is 1. The number of carbonyl (C=O) groups excluding carboxylic acids is 1. The lowest BCUT2D eigenvalue weighted by Crippen LogP contribution is -2.33. The summed E-state index contributed by atoms with van der Waals surface area (Å²) in [6, 6.07) is 5.56. The second-order valence-electron chi connectivity index (χ2n) is 4.44. The van der Waals surface area contributed by atoms with E-state index in [1.54, 1.807) is 11.0 Å². The summed E-state index contributed by atoms with van der Waals surface area (Å²) in [6.07, 6.45) is -0.237. The van der Waals surface area contributed by atoms with Crippen molar-refractivity contribution in [1.29, 1.82) is 0 Å². The molecule has 0 radical (unpaired) electrons. The molecule has 0 aliphatic carbocycles. The monoisotopic (exact) mass is 302 g/mol. The fourth-order valence-electron chi connectivity index (χ4n) is 2.01. The van der Waals surface area contributed by atoms with E-state index in [1.165, 1.54) is 0 Å². The highest BCUT2D eigenvalue weighted by molar-refractivity contribution is 6.35. The van der Waals surface area contributed by atoms with E-state index in [4.69, 9.17) is 27.9 Å². The van der Waals surface area contributed by atoms with Gasteiger partial charge in [0.2, 0.25) is 0 Å². The van der Waals surface area contributed by atoms with Crippen molar-refractivity contribution in [2.45, 2.75) is 13.0 Å². The highest BCUT2D eigenvalue weighted by atomic mass is 35.5. The molecule has 4 nitrogen and oxygen atoms in total. The largest absolute Gasteiger partial charge is 0.448 e. The van der Waals surface area contributed by atoms with Gasteiger partial charge >= 0.3 is 6.09 Å². The van der Waals surface area contributed by atoms with E-state index in [2.05, 4.69) is 5.32 Å². The van der Waals surface area contributed by atoms with Crippen molar-refractivity contribution in [3.63, 3.8) is 0 Å². The molecule has 1 aliphatic heterocycles. The average molecular weight is 303 g/mol. The predicted molar refractivity (Wildman–Crippen MR) is 75.8 cm³/mol. The minimum atomic E-state index is -0.237. The summed E-state index contributed by atoms with van der Waals surface area (Å²) in [7, 11) is 0. The van der Waals surface area contributed by atoms with E-state index in [-0.39, 0.29) is 12.1 Å². The number of nitrogens with zero attached hydrogens (tertiary/aromatic N) is 1. The van der Waals surface area contributed by atoms with Gasteiger partial charge in [-0.2, -0.15) is 0 Å². The minimum Gasteiger partial charge on any atom is -0.448 e. The summed E-state index contributed by atoms with van der Waals surface area (Å²) >= 11 is 12.0. The molecule has 104 valence electrons. The Morgan fingerprint density at radius 1 is 1.47 bits per heavy atom. The molecule has 2 rings (SSSR count). The number of hydrogen-bond acceptors (Lipinski definition) is 3. The van der Waals surface area contributed by atoms with E-state index < -0.39 is 0 Å². The molecule has 1 saturated heterocycles. The summed E-state index contributed by atoms with van der Waals surface area (Å²) in [5.41, 5.74) is 0.995. The zero-order valence-corrected chi connectivity index (χ0v) is 12.2. The fraction of sp³-hybridized carbons (Fsp3) is 0.462. The van der Waals surface area contributed by atoms with Gasteiger partial charge in [-0.1, -0.05) is 29.3 Å². The third-order valence-corrected chi connectivity index (χ3v) is 3.67. The zero-order valence-electron chi connectivity index (χ0n) is 10.7. The van der Waals surface area contributed by atoms with Crippen LogP contribution in [0.1, 0.15) is 18.5 Å². The van der Waals surface area contributed by atoms with E-state index in [0.717, 1.165) is 5.56 Å². The smallest absolute Gasteiger partial charge is 0.409 e. The summed E-state index contributed by atoms with van der Waals surface area (Å²) in [5, 5.41) is 4.60. The van der Waals surface area contributed by atoms with E-state index in [9.17, 15) is 4.79 Å². The first-order chi connectivity index (χ1) is 9.08. The topological polar surface area (TPSA) is 41.6 Å². The SMILES string of the molecule is CC(NCCN1CCOC1=O)c1ccc(Cl)cc1Cl. The van der Waals surface area contributed by atoms with Crippen LogP contribution in [0.5, 0.6) is 0 Å². The Hall–Kier alpha value is -0.970. The van der Waals surface area contributed by atoms with Crippen LogP contribution in [0.4, 0.5) is 4.79 Å². The average Bonchev–Trinajstić information content (AvgIpc) is 2.75. The molecule has 19 heavy (non-hydrogen) atoms. The molecule has 1 N–H and O–H groups in total. The van der Waals surface area contributed by atoms with Gasteiger partial charge in [-0.05, 0) is 24.6 Å². The van der Waals surface area contributed by atoms with Crippen LogP contribution >= 0.6 is 23.2 Å². The Morgan fingerprint density at radius 2 is 2.26 bits per heavy atom. The van der Waals surface area contributed by atoms with Gasteiger partial charge in [-0.3, -0.25) is 0 Å². The first kappa shape index (κ1) is 14.4.